The Morgan fingerprint density at radius 1 is 1.12 bits per heavy atom. The van der Waals surface area contributed by atoms with E-state index in [1.807, 2.05) is 17.0 Å². The van der Waals surface area contributed by atoms with Gasteiger partial charge in [-0.25, -0.2) is 4.98 Å². The van der Waals surface area contributed by atoms with Gasteiger partial charge >= 0.3 is 6.18 Å². The first kappa shape index (κ1) is 18.8. The largest absolute Gasteiger partial charge is 0.496 e. The molecule has 1 aromatic heterocycles. The number of nitrogens with zero attached hydrogens (tertiary/aromatic N) is 3. The second kappa shape index (κ2) is 7.72. The minimum Gasteiger partial charge on any atom is -0.496 e. The maximum absolute atomic E-state index is 12.6. The molecule has 8 heteroatoms. The number of anilines is 1. The molecule has 0 N–H and O–H groups in total. The van der Waals surface area contributed by atoms with Gasteiger partial charge in [0.05, 0.1) is 12.7 Å². The lowest BCUT2D eigenvalue weighted by Gasteiger charge is -2.35. The number of pyridine rings is 1. The predicted octanol–water partition coefficient (Wildman–Crippen LogP) is 4.08. The summed E-state index contributed by atoms with van der Waals surface area (Å²) in [6.45, 7) is 3.65. The Morgan fingerprint density at radius 3 is 2.42 bits per heavy atom. The molecule has 4 nitrogen and oxygen atoms in total. The maximum Gasteiger partial charge on any atom is 0.417 e. The van der Waals surface area contributed by atoms with Crippen molar-refractivity contribution in [3.05, 3.63) is 52.7 Å². The third-order valence-corrected chi connectivity index (χ3v) is 4.64. The number of hydrogen-bond donors (Lipinski definition) is 0. The molecule has 1 saturated heterocycles. The van der Waals surface area contributed by atoms with Crippen molar-refractivity contribution in [2.45, 2.75) is 12.7 Å². The third kappa shape index (κ3) is 4.40. The van der Waals surface area contributed by atoms with Gasteiger partial charge in [-0.05, 0) is 30.3 Å². The SMILES string of the molecule is COc1ccc(Cl)cc1CN1CCN(c2ccc(C(F)(F)F)cn2)CC1. The summed E-state index contributed by atoms with van der Waals surface area (Å²) in [5.74, 6) is 1.36. The molecule has 0 unspecified atom stereocenters. The first-order valence-electron chi connectivity index (χ1n) is 8.20. The lowest BCUT2D eigenvalue weighted by atomic mass is 10.1. The van der Waals surface area contributed by atoms with Crippen LogP contribution in [-0.2, 0) is 12.7 Å². The van der Waals surface area contributed by atoms with Gasteiger partial charge in [-0.15, -0.1) is 0 Å². The van der Waals surface area contributed by atoms with Crippen molar-refractivity contribution in [2.24, 2.45) is 0 Å². The number of alkyl halides is 3. The van der Waals surface area contributed by atoms with E-state index in [2.05, 4.69) is 9.88 Å². The number of hydrogen-bond acceptors (Lipinski definition) is 4. The van der Waals surface area contributed by atoms with Crippen LogP contribution in [0.4, 0.5) is 19.0 Å². The second-order valence-corrected chi connectivity index (χ2v) is 6.56. The third-order valence-electron chi connectivity index (χ3n) is 4.41. The zero-order valence-electron chi connectivity index (χ0n) is 14.3. The van der Waals surface area contributed by atoms with Crippen molar-refractivity contribution in [1.29, 1.82) is 0 Å². The van der Waals surface area contributed by atoms with Gasteiger partial charge < -0.3 is 9.64 Å². The van der Waals surface area contributed by atoms with E-state index in [0.29, 0.717) is 30.5 Å². The normalized spacial score (nSPS) is 16.0. The van der Waals surface area contributed by atoms with Gasteiger partial charge in [0.1, 0.15) is 11.6 Å². The molecule has 1 aliphatic heterocycles. The van der Waals surface area contributed by atoms with Crippen molar-refractivity contribution < 1.29 is 17.9 Å². The van der Waals surface area contributed by atoms with Crippen molar-refractivity contribution in [1.82, 2.24) is 9.88 Å². The van der Waals surface area contributed by atoms with Gasteiger partial charge in [0.25, 0.3) is 0 Å². The Morgan fingerprint density at radius 2 is 1.85 bits per heavy atom. The molecule has 0 aliphatic carbocycles. The molecular formula is C18H19ClF3N3O. The van der Waals surface area contributed by atoms with E-state index in [1.165, 1.54) is 6.07 Å². The molecule has 1 aliphatic rings. The molecule has 0 radical (unpaired) electrons. The molecule has 0 atom stereocenters. The molecule has 2 heterocycles. The van der Waals surface area contributed by atoms with Crippen LogP contribution in [0, 0.1) is 0 Å². The van der Waals surface area contributed by atoms with Gasteiger partial charge in [0.15, 0.2) is 0 Å². The van der Waals surface area contributed by atoms with Crippen LogP contribution < -0.4 is 9.64 Å². The molecule has 2 aromatic rings. The van der Waals surface area contributed by atoms with Gasteiger partial charge in [-0.1, -0.05) is 11.6 Å². The van der Waals surface area contributed by atoms with Crippen LogP contribution >= 0.6 is 11.6 Å². The summed E-state index contributed by atoms with van der Waals surface area (Å²) in [4.78, 5) is 8.22. The molecular weight excluding hydrogens is 367 g/mol. The Hall–Kier alpha value is -1.99. The molecule has 1 aromatic carbocycles. The van der Waals surface area contributed by atoms with Crippen molar-refractivity contribution in [2.75, 3.05) is 38.2 Å². The summed E-state index contributed by atoms with van der Waals surface area (Å²) in [5.41, 5.74) is 0.286. The number of methoxy groups -OCH3 is 1. The molecule has 3 rings (SSSR count). The molecule has 140 valence electrons. The number of ether oxygens (including phenoxy) is 1. The molecule has 26 heavy (non-hydrogen) atoms. The van der Waals surface area contributed by atoms with Crippen LogP contribution in [0.15, 0.2) is 36.5 Å². The van der Waals surface area contributed by atoms with E-state index in [4.69, 9.17) is 16.3 Å². The molecule has 0 amide bonds. The first-order valence-corrected chi connectivity index (χ1v) is 8.57. The topological polar surface area (TPSA) is 28.6 Å². The number of halogens is 4. The quantitative estimate of drug-likeness (QED) is 0.792. The summed E-state index contributed by atoms with van der Waals surface area (Å²) >= 11 is 6.07. The summed E-state index contributed by atoms with van der Waals surface area (Å²) < 4.78 is 43.3. The van der Waals surface area contributed by atoms with Crippen molar-refractivity contribution in [3.8, 4) is 5.75 Å². The fourth-order valence-electron chi connectivity index (χ4n) is 2.99. The van der Waals surface area contributed by atoms with E-state index >= 15 is 0 Å². The molecule has 1 fully saturated rings. The first-order chi connectivity index (χ1) is 12.4. The second-order valence-electron chi connectivity index (χ2n) is 6.12. The summed E-state index contributed by atoms with van der Waals surface area (Å²) in [7, 11) is 1.63. The van der Waals surface area contributed by atoms with Crippen molar-refractivity contribution >= 4 is 17.4 Å². The van der Waals surface area contributed by atoms with Gasteiger partial charge in [0.2, 0.25) is 0 Å². The zero-order chi connectivity index (χ0) is 18.7. The van der Waals surface area contributed by atoms with Crippen molar-refractivity contribution in [3.63, 3.8) is 0 Å². The van der Waals surface area contributed by atoms with E-state index in [0.717, 1.165) is 36.7 Å². The number of rotatable bonds is 4. The minimum atomic E-state index is -4.36. The van der Waals surface area contributed by atoms with Gasteiger partial charge in [-0.2, -0.15) is 13.2 Å². The average Bonchev–Trinajstić information content (AvgIpc) is 2.62. The highest BCUT2D eigenvalue weighted by atomic mass is 35.5. The summed E-state index contributed by atoms with van der Waals surface area (Å²) in [6, 6.07) is 8.03. The molecule has 0 spiro atoms. The standard InChI is InChI=1S/C18H19ClF3N3O/c1-26-16-4-3-15(19)10-13(16)12-24-6-8-25(9-7-24)17-5-2-14(11-23-17)18(20,21)22/h2-5,10-11H,6-9,12H2,1H3. The van der Waals surface area contributed by atoms with Crippen LogP contribution in [0.2, 0.25) is 5.02 Å². The highest BCUT2D eigenvalue weighted by Crippen LogP contribution is 2.30. The Balaban J connectivity index is 1.60. The number of piperazine rings is 1. The van der Waals surface area contributed by atoms with E-state index in [9.17, 15) is 13.2 Å². The van der Waals surface area contributed by atoms with E-state index < -0.39 is 11.7 Å². The fraction of sp³-hybridized carbons (Fsp3) is 0.389. The maximum atomic E-state index is 12.6. The van der Waals surface area contributed by atoms with E-state index in [1.54, 1.807) is 13.2 Å². The predicted molar refractivity (Wildman–Crippen MR) is 94.7 cm³/mol. The summed E-state index contributed by atoms with van der Waals surface area (Å²) in [6.07, 6.45) is -3.47. The highest BCUT2D eigenvalue weighted by molar-refractivity contribution is 6.30. The van der Waals surface area contributed by atoms with Crippen LogP contribution in [-0.4, -0.2) is 43.2 Å². The Kier molecular flexibility index (Phi) is 5.58. The minimum absolute atomic E-state index is 0.568. The Labute approximate surface area is 155 Å². The fourth-order valence-corrected chi connectivity index (χ4v) is 3.18. The molecule has 0 saturated carbocycles. The number of benzene rings is 1. The highest BCUT2D eigenvalue weighted by Gasteiger charge is 2.31. The average molecular weight is 386 g/mol. The summed E-state index contributed by atoms with van der Waals surface area (Å²) in [5, 5.41) is 0.661. The lowest BCUT2D eigenvalue weighted by molar-refractivity contribution is -0.137. The Bertz CT molecular complexity index is 744. The molecule has 0 bridgehead atoms. The lowest BCUT2D eigenvalue weighted by Crippen LogP contribution is -2.46. The van der Waals surface area contributed by atoms with Crippen LogP contribution in [0.25, 0.3) is 0 Å². The van der Waals surface area contributed by atoms with Crippen LogP contribution in [0.5, 0.6) is 5.75 Å². The van der Waals surface area contributed by atoms with Crippen LogP contribution in [0.1, 0.15) is 11.1 Å². The van der Waals surface area contributed by atoms with E-state index in [-0.39, 0.29) is 0 Å². The monoisotopic (exact) mass is 385 g/mol. The van der Waals surface area contributed by atoms with Crippen LogP contribution in [0.3, 0.4) is 0 Å². The van der Waals surface area contributed by atoms with Gasteiger partial charge in [0, 0.05) is 49.5 Å². The zero-order valence-corrected chi connectivity index (χ0v) is 15.0. The smallest absolute Gasteiger partial charge is 0.417 e. The van der Waals surface area contributed by atoms with Gasteiger partial charge in [-0.3, -0.25) is 4.90 Å². The number of aromatic nitrogens is 1.